The van der Waals surface area contributed by atoms with Gasteiger partial charge < -0.3 is 0 Å². The van der Waals surface area contributed by atoms with Crippen molar-refractivity contribution >= 4 is 54.8 Å². The molecule has 0 aliphatic heterocycles. The van der Waals surface area contributed by atoms with Crippen LogP contribution in [0.25, 0.3) is 110 Å². The molecule has 0 N–H and O–H groups in total. The molecule has 0 saturated heterocycles. The van der Waals surface area contributed by atoms with Crippen LogP contribution in [0.15, 0.2) is 267 Å². The highest BCUT2D eigenvalue weighted by Crippen LogP contribution is 2.65. The fourth-order valence-corrected chi connectivity index (χ4v) is 16.4. The highest BCUT2D eigenvalue weighted by atomic mass is 32.1. The first kappa shape index (κ1) is 47.2. The molecule has 1 atom stereocenters. The van der Waals surface area contributed by atoms with E-state index in [1.54, 1.807) is 0 Å². The Bertz CT molecular complexity index is 4900. The van der Waals surface area contributed by atoms with Crippen molar-refractivity contribution in [1.82, 2.24) is 0 Å². The van der Waals surface area contributed by atoms with Crippen molar-refractivity contribution < 1.29 is 0 Å². The van der Waals surface area contributed by atoms with E-state index in [0.29, 0.717) is 0 Å². The normalized spacial score (nSPS) is 15.7. The molecule has 0 radical (unpaired) electrons. The number of benzene rings is 12. The number of hydrogen-bond donors (Lipinski definition) is 0. The van der Waals surface area contributed by atoms with Gasteiger partial charge in [-0.2, -0.15) is 0 Å². The van der Waals surface area contributed by atoms with Crippen LogP contribution in [0.1, 0.15) is 80.6 Å². The van der Waals surface area contributed by atoms with Crippen LogP contribution >= 0.6 is 11.3 Å². The molecule has 0 amide bonds. The van der Waals surface area contributed by atoms with Gasteiger partial charge in [-0.1, -0.05) is 275 Å². The zero-order valence-corrected chi connectivity index (χ0v) is 46.5. The highest BCUT2D eigenvalue weighted by Gasteiger charge is 2.53. The van der Waals surface area contributed by atoms with Crippen LogP contribution in [-0.2, 0) is 17.3 Å². The van der Waals surface area contributed by atoms with Crippen molar-refractivity contribution in [3.05, 3.63) is 334 Å². The second-order valence-electron chi connectivity index (χ2n) is 23.4. The van der Waals surface area contributed by atoms with Gasteiger partial charge in [-0.05, 0) is 164 Å². The van der Waals surface area contributed by atoms with Crippen LogP contribution in [0.5, 0.6) is 0 Å². The van der Waals surface area contributed by atoms with Gasteiger partial charge in [0, 0.05) is 31.2 Å². The van der Waals surface area contributed by atoms with Gasteiger partial charge in [-0.15, -0.1) is 11.3 Å². The van der Waals surface area contributed by atoms with Crippen LogP contribution in [-0.4, -0.2) is 0 Å². The second-order valence-corrected chi connectivity index (χ2v) is 24.4. The first-order chi connectivity index (χ1) is 40.4. The summed E-state index contributed by atoms with van der Waals surface area (Å²) in [7, 11) is 0. The maximum absolute atomic E-state index is 2.50. The van der Waals surface area contributed by atoms with E-state index in [2.05, 4.69) is 293 Å². The minimum Gasteiger partial charge on any atom is -0.135 e. The lowest BCUT2D eigenvalue weighted by Gasteiger charge is -2.30. The van der Waals surface area contributed by atoms with Gasteiger partial charge >= 0.3 is 0 Å². The smallest absolute Gasteiger partial charge is 0.0725 e. The molecule has 1 aromatic heterocycles. The zero-order chi connectivity index (χ0) is 54.3. The molecule has 13 aromatic rings. The summed E-state index contributed by atoms with van der Waals surface area (Å²) in [6.07, 6.45) is 5.72. The number of thiophene rings is 1. The number of rotatable bonds is 6. The lowest BCUT2D eigenvalue weighted by Crippen LogP contribution is -2.25. The van der Waals surface area contributed by atoms with Gasteiger partial charge in [0.1, 0.15) is 0 Å². The van der Waals surface area contributed by atoms with Crippen molar-refractivity contribution in [3.63, 3.8) is 0 Å². The van der Waals surface area contributed by atoms with Gasteiger partial charge in [0.25, 0.3) is 0 Å². The SMILES string of the molecule is CC1(C)c2ccccc2-c2ccc(/C(=C/c3ccc4c(c3)CC(c3cccc5c3-c3ccccc3C53c5ccccc5-c5c(-c6cccc7c6sc6ccccc67)cccc53)=Cc3ccccc3-4)c3ccc(-c4ccccc4)cc3)cc21. The number of fused-ring (bicyclic) bond motifs is 19. The first-order valence-corrected chi connectivity index (χ1v) is 29.7. The minimum absolute atomic E-state index is 0.120. The molecule has 12 aromatic carbocycles. The maximum atomic E-state index is 2.50. The van der Waals surface area contributed by atoms with Crippen LogP contribution in [0.4, 0.5) is 0 Å². The Morgan fingerprint density at radius 3 is 1.71 bits per heavy atom. The minimum atomic E-state index is -0.512. The Kier molecular flexibility index (Phi) is 10.3. The van der Waals surface area contributed by atoms with Gasteiger partial charge in [0.05, 0.1) is 5.41 Å². The summed E-state index contributed by atoms with van der Waals surface area (Å²) in [5.74, 6) is 0. The lowest BCUT2D eigenvalue weighted by molar-refractivity contribution is 0.660. The third-order valence-electron chi connectivity index (χ3n) is 18.8. The summed E-state index contributed by atoms with van der Waals surface area (Å²) in [6, 6.07) is 101. The molecule has 82 heavy (non-hydrogen) atoms. The lowest BCUT2D eigenvalue weighted by atomic mass is 9.70. The van der Waals surface area contributed by atoms with E-state index in [1.807, 2.05) is 11.3 Å². The van der Waals surface area contributed by atoms with E-state index in [-0.39, 0.29) is 5.41 Å². The molecule has 1 spiro atoms. The highest BCUT2D eigenvalue weighted by molar-refractivity contribution is 7.26. The van der Waals surface area contributed by atoms with Gasteiger partial charge in [-0.25, -0.2) is 0 Å². The molecule has 4 aliphatic carbocycles. The Balaban J connectivity index is 0.828. The predicted molar refractivity (Wildman–Crippen MR) is 347 cm³/mol. The van der Waals surface area contributed by atoms with E-state index in [9.17, 15) is 0 Å². The van der Waals surface area contributed by atoms with Crippen molar-refractivity contribution in [2.75, 3.05) is 0 Å². The van der Waals surface area contributed by atoms with Crippen molar-refractivity contribution in [2.45, 2.75) is 31.1 Å². The molecule has 0 nitrogen and oxygen atoms in total. The van der Waals surface area contributed by atoms with E-state index in [0.717, 1.165) is 6.42 Å². The van der Waals surface area contributed by atoms with Crippen LogP contribution < -0.4 is 0 Å². The Morgan fingerprint density at radius 2 is 0.927 bits per heavy atom. The molecular formula is C81H54S. The second kappa shape index (κ2) is 17.9. The first-order valence-electron chi connectivity index (χ1n) is 28.8. The number of hydrogen-bond acceptors (Lipinski definition) is 1. The van der Waals surface area contributed by atoms with E-state index < -0.39 is 5.41 Å². The summed E-state index contributed by atoms with van der Waals surface area (Å²) < 4.78 is 2.67. The molecule has 1 heterocycles. The Morgan fingerprint density at radius 1 is 0.378 bits per heavy atom. The Hall–Kier alpha value is -9.66. The molecular weight excluding hydrogens is 1000 g/mol. The van der Waals surface area contributed by atoms with Crippen LogP contribution in [0.2, 0.25) is 0 Å². The quantitative estimate of drug-likeness (QED) is 0.146. The molecule has 1 unspecified atom stereocenters. The maximum Gasteiger partial charge on any atom is 0.0725 e. The molecule has 0 saturated carbocycles. The molecule has 384 valence electrons. The third kappa shape index (κ3) is 6.78. The van der Waals surface area contributed by atoms with E-state index in [4.69, 9.17) is 0 Å². The van der Waals surface area contributed by atoms with Crippen molar-refractivity contribution in [1.29, 1.82) is 0 Å². The fourth-order valence-electron chi connectivity index (χ4n) is 15.1. The molecule has 1 heteroatoms. The van der Waals surface area contributed by atoms with Crippen LogP contribution in [0, 0.1) is 0 Å². The van der Waals surface area contributed by atoms with E-state index >= 15 is 0 Å². The average Bonchev–Trinajstić information content (AvgIpc) is 2.18. The molecule has 17 rings (SSSR count). The average molecular weight is 1060 g/mol. The summed E-state index contributed by atoms with van der Waals surface area (Å²) in [5, 5.41) is 2.65. The third-order valence-corrected chi connectivity index (χ3v) is 20.0. The van der Waals surface area contributed by atoms with Crippen LogP contribution in [0.3, 0.4) is 0 Å². The molecule has 4 aliphatic rings. The van der Waals surface area contributed by atoms with Gasteiger partial charge in [0.2, 0.25) is 0 Å². The summed E-state index contributed by atoms with van der Waals surface area (Å²) in [4.78, 5) is 0. The van der Waals surface area contributed by atoms with Crippen molar-refractivity contribution in [3.8, 4) is 66.8 Å². The topological polar surface area (TPSA) is 0 Å². The van der Waals surface area contributed by atoms with Crippen molar-refractivity contribution in [2.24, 2.45) is 0 Å². The molecule has 0 fully saturated rings. The molecule has 0 bridgehead atoms. The standard InChI is InChI=1S/C81H54S/c1-80(2)70-31-12-8-23-61(70)62-44-42-55(49-75(62)80)69(53-40-38-52(39-41-53)51-19-4-3-5-20-51)46-50-37-43-59-56(45-50)48-57(47-54-21-6-7-22-58(54)59)60-27-17-34-73-77(60)67-25-9-13-32-71(67)81(73)72-33-14-10-26-68(72)78-64(28-18-35-74(78)81)66-30-16-29-65-63-24-11-15-36-76(63)82-79(65)66/h3-47,49H,48H2,1-2H3/b69-46+. The van der Waals surface area contributed by atoms with E-state index in [1.165, 1.54) is 165 Å². The summed E-state index contributed by atoms with van der Waals surface area (Å²) in [6.45, 7) is 4.76. The zero-order valence-electron chi connectivity index (χ0n) is 45.7. The monoisotopic (exact) mass is 1060 g/mol. The fraction of sp³-hybridized carbons (Fsp3) is 0.0617. The summed E-state index contributed by atoms with van der Waals surface area (Å²) >= 11 is 1.91. The van der Waals surface area contributed by atoms with Gasteiger partial charge in [-0.3, -0.25) is 0 Å². The Labute approximate surface area is 483 Å². The summed E-state index contributed by atoms with van der Waals surface area (Å²) in [5.41, 5.74) is 33.1. The largest absolute Gasteiger partial charge is 0.135 e. The van der Waals surface area contributed by atoms with Gasteiger partial charge in [0.15, 0.2) is 0 Å². The predicted octanol–water partition coefficient (Wildman–Crippen LogP) is 21.4. The number of allylic oxidation sites excluding steroid dienone is 1.